The first-order chi connectivity index (χ1) is 12.0. The predicted octanol–water partition coefficient (Wildman–Crippen LogP) is 3.39. The number of carboxylic acid groups (broad SMARTS) is 1. The fourth-order valence-corrected chi connectivity index (χ4v) is 2.27. The molecule has 2 rings (SSSR count). The molecular weight excluding hydrogens is 355 g/mol. The van der Waals surface area contributed by atoms with Crippen LogP contribution in [0.3, 0.4) is 0 Å². The van der Waals surface area contributed by atoms with Crippen LogP contribution in [0.5, 0.6) is 5.75 Å². The zero-order valence-electron chi connectivity index (χ0n) is 14.0. The Kier molecular flexibility index (Phi) is 5.59. The molecule has 0 atom stereocenters. The summed E-state index contributed by atoms with van der Waals surface area (Å²) in [6.07, 6.45) is -4.80. The van der Waals surface area contributed by atoms with Gasteiger partial charge in [-0.3, -0.25) is 4.79 Å². The Bertz CT molecular complexity index is 796. The normalized spacial score (nSPS) is 11.3. The highest BCUT2D eigenvalue weighted by molar-refractivity contribution is 5.88. The van der Waals surface area contributed by atoms with E-state index in [4.69, 9.17) is 9.52 Å². The standard InChI is InChI=1S/C17H16F3NO5/c1-10-14(16(23)24)8-13(25-10)9-21(2)15(22)7-11-3-5-12(6-4-11)26-17(18,19)20/h3-6,8H,7,9H2,1-2H3,(H,23,24). The van der Waals surface area contributed by atoms with E-state index in [-0.39, 0.29) is 35.9 Å². The van der Waals surface area contributed by atoms with Gasteiger partial charge >= 0.3 is 12.3 Å². The zero-order valence-corrected chi connectivity index (χ0v) is 14.0. The van der Waals surface area contributed by atoms with Gasteiger partial charge in [-0.2, -0.15) is 0 Å². The number of halogens is 3. The van der Waals surface area contributed by atoms with E-state index in [9.17, 15) is 22.8 Å². The first-order valence-electron chi connectivity index (χ1n) is 7.46. The molecule has 26 heavy (non-hydrogen) atoms. The molecule has 1 N–H and O–H groups in total. The molecule has 1 heterocycles. The Hall–Kier alpha value is -2.97. The molecule has 140 valence electrons. The Morgan fingerprint density at radius 1 is 1.23 bits per heavy atom. The van der Waals surface area contributed by atoms with E-state index in [0.717, 1.165) is 12.1 Å². The third-order valence-electron chi connectivity index (χ3n) is 3.53. The van der Waals surface area contributed by atoms with Crippen molar-refractivity contribution in [1.29, 1.82) is 0 Å². The lowest BCUT2D eigenvalue weighted by Crippen LogP contribution is -2.27. The summed E-state index contributed by atoms with van der Waals surface area (Å²) in [6, 6.07) is 6.35. The van der Waals surface area contributed by atoms with Gasteiger partial charge in [0.1, 0.15) is 22.8 Å². The Balaban J connectivity index is 1.96. The Labute approximate surface area is 146 Å². The summed E-state index contributed by atoms with van der Waals surface area (Å²) >= 11 is 0. The van der Waals surface area contributed by atoms with Crippen LogP contribution in [0.25, 0.3) is 0 Å². The minimum absolute atomic E-state index is 0.0288. The van der Waals surface area contributed by atoms with E-state index >= 15 is 0 Å². The number of likely N-dealkylation sites (N-methyl/N-ethyl adjacent to an activating group) is 1. The number of alkyl halides is 3. The number of aromatic carboxylic acids is 1. The lowest BCUT2D eigenvalue weighted by Gasteiger charge is -2.16. The topological polar surface area (TPSA) is 80.0 Å². The van der Waals surface area contributed by atoms with Crippen molar-refractivity contribution in [3.05, 3.63) is 53.0 Å². The summed E-state index contributed by atoms with van der Waals surface area (Å²) in [5, 5.41) is 8.99. The van der Waals surface area contributed by atoms with Crippen LogP contribution < -0.4 is 4.74 Å². The highest BCUT2D eigenvalue weighted by Gasteiger charge is 2.31. The van der Waals surface area contributed by atoms with E-state index in [2.05, 4.69) is 4.74 Å². The van der Waals surface area contributed by atoms with Gasteiger partial charge in [-0.25, -0.2) is 4.79 Å². The van der Waals surface area contributed by atoms with E-state index in [1.807, 2.05) is 0 Å². The Morgan fingerprint density at radius 2 is 1.85 bits per heavy atom. The van der Waals surface area contributed by atoms with Gasteiger partial charge in [0.05, 0.1) is 13.0 Å². The molecule has 0 fully saturated rings. The van der Waals surface area contributed by atoms with Crippen LogP contribution in [-0.4, -0.2) is 35.3 Å². The molecular formula is C17H16F3NO5. The van der Waals surface area contributed by atoms with Crippen LogP contribution in [0.15, 0.2) is 34.7 Å². The van der Waals surface area contributed by atoms with E-state index in [1.54, 1.807) is 0 Å². The molecule has 0 unspecified atom stereocenters. The summed E-state index contributed by atoms with van der Waals surface area (Å²) in [4.78, 5) is 24.5. The van der Waals surface area contributed by atoms with Crippen LogP contribution in [-0.2, 0) is 17.8 Å². The van der Waals surface area contributed by atoms with Gasteiger partial charge in [0, 0.05) is 7.05 Å². The molecule has 1 aromatic heterocycles. The van der Waals surface area contributed by atoms with Gasteiger partial charge in [0.2, 0.25) is 5.91 Å². The molecule has 0 aliphatic heterocycles. The smallest absolute Gasteiger partial charge is 0.478 e. The first kappa shape index (κ1) is 19.4. The summed E-state index contributed by atoms with van der Waals surface area (Å²) < 4.78 is 45.4. The largest absolute Gasteiger partial charge is 0.573 e. The number of rotatable bonds is 6. The molecule has 0 saturated heterocycles. The van der Waals surface area contributed by atoms with Crippen molar-refractivity contribution in [2.24, 2.45) is 0 Å². The van der Waals surface area contributed by atoms with Gasteiger partial charge < -0.3 is 19.2 Å². The van der Waals surface area contributed by atoms with Gasteiger partial charge in [0.15, 0.2) is 0 Å². The third-order valence-corrected chi connectivity index (χ3v) is 3.53. The number of carbonyl (C=O) groups excluding carboxylic acids is 1. The van der Waals surface area contributed by atoms with E-state index in [0.29, 0.717) is 11.3 Å². The quantitative estimate of drug-likeness (QED) is 0.842. The molecule has 0 aliphatic rings. The Morgan fingerprint density at radius 3 is 2.35 bits per heavy atom. The van der Waals surface area contributed by atoms with Crippen LogP contribution in [0.4, 0.5) is 13.2 Å². The number of nitrogens with zero attached hydrogens (tertiary/aromatic N) is 1. The second-order valence-electron chi connectivity index (χ2n) is 5.61. The molecule has 0 radical (unpaired) electrons. The predicted molar refractivity (Wildman–Crippen MR) is 83.7 cm³/mol. The third kappa shape index (κ3) is 5.27. The van der Waals surface area contributed by atoms with Crippen molar-refractivity contribution >= 4 is 11.9 Å². The number of aryl methyl sites for hydroxylation is 1. The second-order valence-corrected chi connectivity index (χ2v) is 5.61. The molecule has 6 nitrogen and oxygen atoms in total. The second kappa shape index (κ2) is 7.51. The van der Waals surface area contributed by atoms with Gasteiger partial charge in [-0.1, -0.05) is 12.1 Å². The van der Waals surface area contributed by atoms with Crippen LogP contribution in [0.1, 0.15) is 27.4 Å². The molecule has 0 aliphatic carbocycles. The number of benzene rings is 1. The number of carbonyl (C=O) groups is 2. The maximum atomic E-state index is 12.2. The van der Waals surface area contributed by atoms with E-state index in [1.165, 1.54) is 37.1 Å². The lowest BCUT2D eigenvalue weighted by atomic mass is 10.1. The summed E-state index contributed by atoms with van der Waals surface area (Å²) in [6.45, 7) is 1.58. The fourth-order valence-electron chi connectivity index (χ4n) is 2.27. The number of amides is 1. The van der Waals surface area contributed by atoms with Gasteiger partial charge in [-0.05, 0) is 30.7 Å². The van der Waals surface area contributed by atoms with Crippen LogP contribution >= 0.6 is 0 Å². The highest BCUT2D eigenvalue weighted by Crippen LogP contribution is 2.23. The molecule has 0 bridgehead atoms. The molecule has 1 aromatic carbocycles. The summed E-state index contributed by atoms with van der Waals surface area (Å²) in [7, 11) is 1.52. The lowest BCUT2D eigenvalue weighted by molar-refractivity contribution is -0.274. The fraction of sp³-hybridized carbons (Fsp3) is 0.294. The van der Waals surface area contributed by atoms with Gasteiger partial charge in [0.25, 0.3) is 0 Å². The zero-order chi connectivity index (χ0) is 19.5. The molecule has 0 saturated carbocycles. The molecule has 2 aromatic rings. The summed E-state index contributed by atoms with van der Waals surface area (Å²) in [5.74, 6) is -1.22. The number of hydrogen-bond acceptors (Lipinski definition) is 4. The molecule has 1 amide bonds. The molecule has 9 heteroatoms. The van der Waals surface area contributed by atoms with Crippen LogP contribution in [0, 0.1) is 6.92 Å². The average Bonchev–Trinajstić information content (AvgIpc) is 2.88. The highest BCUT2D eigenvalue weighted by atomic mass is 19.4. The maximum absolute atomic E-state index is 12.2. The van der Waals surface area contributed by atoms with Crippen LogP contribution in [0.2, 0.25) is 0 Å². The minimum atomic E-state index is -4.77. The number of furan rings is 1. The molecule has 0 spiro atoms. The van der Waals surface area contributed by atoms with Crippen molar-refractivity contribution in [3.63, 3.8) is 0 Å². The van der Waals surface area contributed by atoms with Crippen molar-refractivity contribution in [2.75, 3.05) is 7.05 Å². The summed E-state index contributed by atoms with van der Waals surface area (Å²) in [5.41, 5.74) is 0.541. The minimum Gasteiger partial charge on any atom is -0.478 e. The number of hydrogen-bond donors (Lipinski definition) is 1. The number of ether oxygens (including phenoxy) is 1. The van der Waals surface area contributed by atoms with Crippen molar-refractivity contribution in [3.8, 4) is 5.75 Å². The van der Waals surface area contributed by atoms with E-state index < -0.39 is 12.3 Å². The van der Waals surface area contributed by atoms with Gasteiger partial charge in [-0.15, -0.1) is 13.2 Å². The first-order valence-corrected chi connectivity index (χ1v) is 7.46. The number of carboxylic acids is 1. The maximum Gasteiger partial charge on any atom is 0.573 e. The van der Waals surface area contributed by atoms with Crippen molar-refractivity contribution in [2.45, 2.75) is 26.3 Å². The average molecular weight is 371 g/mol. The SMILES string of the molecule is Cc1oc(CN(C)C(=O)Cc2ccc(OC(F)(F)F)cc2)cc1C(=O)O. The van der Waals surface area contributed by atoms with Crippen molar-refractivity contribution < 1.29 is 37.0 Å². The monoisotopic (exact) mass is 371 g/mol. The van der Waals surface area contributed by atoms with Crippen molar-refractivity contribution in [1.82, 2.24) is 4.90 Å².